The Morgan fingerprint density at radius 3 is 2.88 bits per heavy atom. The van der Waals surface area contributed by atoms with Crippen molar-refractivity contribution in [2.45, 2.75) is 17.9 Å². The average molecular weight is 276 g/mol. The summed E-state index contributed by atoms with van der Waals surface area (Å²) in [5.41, 5.74) is 0.461. The first-order chi connectivity index (χ1) is 7.67. The van der Waals surface area contributed by atoms with E-state index >= 15 is 0 Å². The third-order valence-electron chi connectivity index (χ3n) is 3.83. The van der Waals surface area contributed by atoms with Crippen molar-refractivity contribution in [3.8, 4) is 0 Å². The van der Waals surface area contributed by atoms with E-state index in [0.29, 0.717) is 17.1 Å². The van der Waals surface area contributed by atoms with Gasteiger partial charge in [-0.15, -0.1) is 12.4 Å². The molecule has 1 aliphatic carbocycles. The summed E-state index contributed by atoms with van der Waals surface area (Å²) in [5, 5.41) is 3.66. The van der Waals surface area contributed by atoms with Crippen LogP contribution >= 0.6 is 24.0 Å². The molecule has 2 nitrogen and oxygen atoms in total. The summed E-state index contributed by atoms with van der Waals surface area (Å²) in [5.74, 6) is 0.0122. The van der Waals surface area contributed by atoms with Crippen LogP contribution in [-0.4, -0.2) is 18.9 Å². The Bertz CT molecular complexity index is 468. The number of hydrogen-bond donors (Lipinski definition) is 1. The van der Waals surface area contributed by atoms with Gasteiger partial charge in [0.05, 0.1) is 6.04 Å². The summed E-state index contributed by atoms with van der Waals surface area (Å²) in [6.07, 6.45) is 1.79. The maximum absolute atomic E-state index is 13.7. The molecule has 1 N–H and O–H groups in total. The zero-order chi connectivity index (χ0) is 11.3. The molecule has 5 heteroatoms. The van der Waals surface area contributed by atoms with Crippen LogP contribution in [0.3, 0.4) is 0 Å². The summed E-state index contributed by atoms with van der Waals surface area (Å²) in [7, 11) is 0. The first-order valence-electron chi connectivity index (χ1n) is 5.31. The van der Waals surface area contributed by atoms with E-state index in [1.54, 1.807) is 12.1 Å². The number of aldehydes is 1. The molecule has 1 saturated heterocycles. The molecule has 3 atom stereocenters. The first kappa shape index (κ1) is 12.8. The molecule has 2 fully saturated rings. The van der Waals surface area contributed by atoms with Gasteiger partial charge in [0.1, 0.15) is 12.1 Å². The molecule has 1 aromatic rings. The lowest BCUT2D eigenvalue weighted by atomic mass is 9.94. The fraction of sp³-hybridized carbons (Fsp3) is 0.417. The van der Waals surface area contributed by atoms with E-state index in [-0.39, 0.29) is 35.6 Å². The second kappa shape index (κ2) is 4.23. The molecule has 1 aliphatic heterocycles. The number of carbonyl (C=O) groups is 1. The van der Waals surface area contributed by atoms with Crippen molar-refractivity contribution in [1.29, 1.82) is 0 Å². The monoisotopic (exact) mass is 275 g/mol. The van der Waals surface area contributed by atoms with Gasteiger partial charge in [0.15, 0.2) is 0 Å². The number of piperidine rings is 1. The number of halogens is 3. The van der Waals surface area contributed by atoms with Crippen molar-refractivity contribution in [3.63, 3.8) is 0 Å². The van der Waals surface area contributed by atoms with Crippen LogP contribution in [0.5, 0.6) is 0 Å². The highest BCUT2D eigenvalue weighted by Crippen LogP contribution is 2.59. The summed E-state index contributed by atoms with van der Waals surface area (Å²) in [4.78, 5) is 10.8. The third kappa shape index (κ3) is 1.77. The van der Waals surface area contributed by atoms with Gasteiger partial charge in [-0.3, -0.25) is 0 Å². The van der Waals surface area contributed by atoms with Gasteiger partial charge in [-0.05, 0) is 36.1 Å². The molecular formula is C12H12Cl2FNO. The number of rotatable bonds is 2. The highest BCUT2D eigenvalue weighted by atomic mass is 35.5. The molecule has 1 heterocycles. The van der Waals surface area contributed by atoms with Crippen LogP contribution in [-0.2, 0) is 10.2 Å². The van der Waals surface area contributed by atoms with Crippen LogP contribution in [0.4, 0.5) is 4.39 Å². The van der Waals surface area contributed by atoms with Crippen molar-refractivity contribution < 1.29 is 9.18 Å². The molecule has 0 spiro atoms. The molecule has 0 bridgehead atoms. The van der Waals surface area contributed by atoms with Crippen LogP contribution in [0, 0.1) is 11.7 Å². The SMILES string of the molecule is Cl.O=CC1NC[C@@]2(c3cc(Cl)ccc3F)C[C@@H]12. The Hall–Kier alpha value is -0.640. The Kier molecular flexibility index (Phi) is 3.19. The molecule has 1 aromatic carbocycles. The topological polar surface area (TPSA) is 29.1 Å². The van der Waals surface area contributed by atoms with Gasteiger partial charge in [-0.25, -0.2) is 4.39 Å². The predicted molar refractivity (Wildman–Crippen MR) is 66.3 cm³/mol. The molecular weight excluding hydrogens is 264 g/mol. The molecule has 2 aliphatic rings. The standard InChI is InChI=1S/C12H11ClFNO.ClH/c13-7-1-2-10(14)8(3-7)12-4-9(12)11(5-16)15-6-12;/h1-3,5,9,11,15H,4,6H2;1H/t9-,11?,12+;/m0./s1. The van der Waals surface area contributed by atoms with Crippen LogP contribution in [0.2, 0.25) is 5.02 Å². The quantitative estimate of drug-likeness (QED) is 0.840. The zero-order valence-corrected chi connectivity index (χ0v) is 10.5. The van der Waals surface area contributed by atoms with E-state index in [9.17, 15) is 9.18 Å². The minimum absolute atomic E-state index is 0. The van der Waals surface area contributed by atoms with E-state index in [4.69, 9.17) is 11.6 Å². The second-order valence-corrected chi connectivity index (χ2v) is 5.07. The third-order valence-corrected chi connectivity index (χ3v) is 4.07. The largest absolute Gasteiger partial charge is 0.307 e. The van der Waals surface area contributed by atoms with Crippen molar-refractivity contribution >= 4 is 30.3 Å². The summed E-state index contributed by atoms with van der Waals surface area (Å²) in [6, 6.07) is 4.51. The summed E-state index contributed by atoms with van der Waals surface area (Å²) >= 11 is 5.89. The van der Waals surface area contributed by atoms with E-state index in [1.807, 2.05) is 0 Å². The Morgan fingerprint density at radius 1 is 1.53 bits per heavy atom. The van der Waals surface area contributed by atoms with Crippen molar-refractivity contribution in [3.05, 3.63) is 34.6 Å². The predicted octanol–water partition coefficient (Wildman–Crippen LogP) is 2.33. The lowest BCUT2D eigenvalue weighted by Gasteiger charge is -2.13. The van der Waals surface area contributed by atoms with E-state index in [0.717, 1.165) is 12.7 Å². The number of hydrogen-bond acceptors (Lipinski definition) is 2. The highest BCUT2D eigenvalue weighted by molar-refractivity contribution is 6.30. The molecule has 17 heavy (non-hydrogen) atoms. The van der Waals surface area contributed by atoms with Gasteiger partial charge in [-0.1, -0.05) is 11.6 Å². The summed E-state index contributed by atoms with van der Waals surface area (Å²) in [6.45, 7) is 0.665. The molecule has 0 aromatic heterocycles. The average Bonchev–Trinajstić information content (AvgIpc) is 2.90. The van der Waals surface area contributed by atoms with Crippen molar-refractivity contribution in [1.82, 2.24) is 5.32 Å². The van der Waals surface area contributed by atoms with Crippen molar-refractivity contribution in [2.24, 2.45) is 5.92 Å². The van der Waals surface area contributed by atoms with Crippen LogP contribution in [0.1, 0.15) is 12.0 Å². The maximum atomic E-state index is 13.7. The van der Waals surface area contributed by atoms with Crippen LogP contribution < -0.4 is 5.32 Å². The van der Waals surface area contributed by atoms with E-state index in [1.165, 1.54) is 6.07 Å². The second-order valence-electron chi connectivity index (χ2n) is 4.63. The fourth-order valence-electron chi connectivity index (χ4n) is 2.88. The van der Waals surface area contributed by atoms with Gasteiger partial charge >= 0.3 is 0 Å². The van der Waals surface area contributed by atoms with Crippen molar-refractivity contribution in [2.75, 3.05) is 6.54 Å². The lowest BCUT2D eigenvalue weighted by molar-refractivity contribution is -0.109. The Morgan fingerprint density at radius 2 is 2.29 bits per heavy atom. The number of benzene rings is 1. The Balaban J connectivity index is 0.00000108. The molecule has 3 rings (SSSR count). The van der Waals surface area contributed by atoms with Gasteiger partial charge < -0.3 is 10.1 Å². The number of carbonyl (C=O) groups excluding carboxylic acids is 1. The number of nitrogens with one attached hydrogen (secondary N) is 1. The first-order valence-corrected chi connectivity index (χ1v) is 5.69. The van der Waals surface area contributed by atoms with E-state index in [2.05, 4.69) is 5.32 Å². The minimum atomic E-state index is -0.222. The zero-order valence-electron chi connectivity index (χ0n) is 8.95. The van der Waals surface area contributed by atoms with Gasteiger partial charge in [0.2, 0.25) is 0 Å². The summed E-state index contributed by atoms with van der Waals surface area (Å²) < 4.78 is 13.7. The molecule has 92 valence electrons. The fourth-order valence-corrected chi connectivity index (χ4v) is 3.05. The molecule has 1 saturated carbocycles. The van der Waals surface area contributed by atoms with Gasteiger partial charge in [0.25, 0.3) is 0 Å². The molecule has 1 unspecified atom stereocenters. The maximum Gasteiger partial charge on any atom is 0.137 e. The highest BCUT2D eigenvalue weighted by Gasteiger charge is 2.63. The normalized spacial score (nSPS) is 33.8. The van der Waals surface area contributed by atoms with Gasteiger partial charge in [-0.2, -0.15) is 0 Å². The van der Waals surface area contributed by atoms with Crippen LogP contribution in [0.25, 0.3) is 0 Å². The number of fused-ring (bicyclic) bond motifs is 1. The smallest absolute Gasteiger partial charge is 0.137 e. The van der Waals surface area contributed by atoms with Crippen LogP contribution in [0.15, 0.2) is 18.2 Å². The van der Waals surface area contributed by atoms with Gasteiger partial charge in [0, 0.05) is 17.0 Å². The Labute approximate surface area is 110 Å². The molecule has 0 radical (unpaired) electrons. The molecule has 0 amide bonds. The minimum Gasteiger partial charge on any atom is -0.307 e. The van der Waals surface area contributed by atoms with E-state index < -0.39 is 0 Å². The lowest BCUT2D eigenvalue weighted by Crippen LogP contribution is -2.28.